The average Bonchev–Trinajstić information content (AvgIpc) is 2.26. The molecule has 7 nitrogen and oxygen atoms in total. The summed E-state index contributed by atoms with van der Waals surface area (Å²) >= 11 is 0. The van der Waals surface area contributed by atoms with Crippen molar-refractivity contribution in [2.75, 3.05) is 0 Å². The maximum atomic E-state index is 11.7. The Labute approximate surface area is 101 Å². The normalized spacial score (nSPS) is 11.9. The quantitative estimate of drug-likeness (QED) is 0.665. The highest BCUT2D eigenvalue weighted by Gasteiger charge is 2.21. The zero-order valence-electron chi connectivity index (χ0n) is 9.35. The fourth-order valence-corrected chi connectivity index (χ4v) is 2.85. The topological polar surface area (TPSA) is 120 Å². The molecule has 0 radical (unpaired) electrons. The molecule has 2 rings (SSSR count). The molecule has 0 unspecified atom stereocenters. The van der Waals surface area contributed by atoms with E-state index in [1.165, 1.54) is 12.1 Å². The lowest BCUT2D eigenvalue weighted by atomic mass is 10.1. The number of aromatic nitrogens is 2. The Kier molecular flexibility index (Phi) is 2.83. The number of benzene rings is 1. The number of rotatable bonds is 2. The van der Waals surface area contributed by atoms with E-state index >= 15 is 0 Å². The van der Waals surface area contributed by atoms with Crippen LogP contribution < -0.4 is 11.2 Å². The van der Waals surface area contributed by atoms with Gasteiger partial charge in [0.15, 0.2) is 0 Å². The number of hydrogen-bond acceptors (Lipinski definition) is 4. The first-order valence-corrected chi connectivity index (χ1v) is 6.54. The van der Waals surface area contributed by atoms with Crippen molar-refractivity contribution in [1.29, 1.82) is 0 Å². The Morgan fingerprint density at radius 3 is 2.44 bits per heavy atom. The van der Waals surface area contributed by atoms with Gasteiger partial charge in [-0.15, -0.1) is 0 Å². The molecule has 0 fully saturated rings. The van der Waals surface area contributed by atoms with Gasteiger partial charge in [-0.3, -0.25) is 14.3 Å². The van der Waals surface area contributed by atoms with Gasteiger partial charge >= 0.3 is 5.69 Å². The smallest absolute Gasteiger partial charge is 0.307 e. The molecule has 0 bridgehead atoms. The van der Waals surface area contributed by atoms with E-state index in [1.54, 1.807) is 6.92 Å². The maximum absolute atomic E-state index is 11.7. The van der Waals surface area contributed by atoms with Crippen LogP contribution in [0.1, 0.15) is 12.5 Å². The third-order valence-corrected chi connectivity index (χ3v) is 3.56. The molecule has 0 aliphatic heterocycles. The monoisotopic (exact) mass is 270 g/mol. The Balaban J connectivity index is 3.14. The Hall–Kier alpha value is -1.93. The molecule has 0 aliphatic carbocycles. The molecule has 0 amide bonds. The molecule has 0 atom stereocenters. The van der Waals surface area contributed by atoms with Gasteiger partial charge in [0, 0.05) is 0 Å². The second kappa shape index (κ2) is 4.07. The van der Waals surface area contributed by atoms with E-state index in [-0.39, 0.29) is 10.9 Å². The molecule has 3 N–H and O–H groups in total. The van der Waals surface area contributed by atoms with Crippen molar-refractivity contribution in [3.05, 3.63) is 38.5 Å². The van der Waals surface area contributed by atoms with Gasteiger partial charge in [0.25, 0.3) is 15.7 Å². The first-order chi connectivity index (χ1) is 8.34. The summed E-state index contributed by atoms with van der Waals surface area (Å²) in [7, 11) is -4.55. The predicted molar refractivity (Wildman–Crippen MR) is 64.4 cm³/mol. The van der Waals surface area contributed by atoms with E-state index in [2.05, 4.69) is 4.98 Å². The summed E-state index contributed by atoms with van der Waals surface area (Å²) in [6.07, 6.45) is 0.323. The van der Waals surface area contributed by atoms with Gasteiger partial charge in [0.05, 0.1) is 10.9 Å². The lowest BCUT2D eigenvalue weighted by Gasteiger charge is -2.07. The van der Waals surface area contributed by atoms with Gasteiger partial charge in [0.1, 0.15) is 4.90 Å². The van der Waals surface area contributed by atoms with Crippen molar-refractivity contribution in [2.24, 2.45) is 0 Å². The van der Waals surface area contributed by atoms with Crippen LogP contribution in [-0.4, -0.2) is 22.9 Å². The number of H-pyrrole nitrogens is 2. The van der Waals surface area contributed by atoms with Crippen molar-refractivity contribution in [3.8, 4) is 0 Å². The Bertz CT molecular complexity index is 831. The third-order valence-electron chi connectivity index (χ3n) is 2.58. The summed E-state index contributed by atoms with van der Waals surface area (Å²) in [5.74, 6) is 0. The van der Waals surface area contributed by atoms with Gasteiger partial charge in [-0.05, 0) is 18.1 Å². The summed E-state index contributed by atoms with van der Waals surface area (Å²) in [5, 5.41) is -0.239. The Morgan fingerprint density at radius 1 is 1.22 bits per heavy atom. The van der Waals surface area contributed by atoms with Crippen LogP contribution in [0.25, 0.3) is 10.9 Å². The fraction of sp³-hybridized carbons (Fsp3) is 0.200. The second-order valence-corrected chi connectivity index (χ2v) is 5.07. The van der Waals surface area contributed by atoms with Crippen LogP contribution in [0.5, 0.6) is 0 Å². The summed E-state index contributed by atoms with van der Waals surface area (Å²) in [4.78, 5) is 26.6. The average molecular weight is 270 g/mol. The molecule has 0 aliphatic rings. The SMILES string of the molecule is CCc1ccc2[nH]c(=O)[nH]c(=O)c2c1S(=O)(=O)O. The van der Waals surface area contributed by atoms with Crippen LogP contribution in [0.15, 0.2) is 26.6 Å². The van der Waals surface area contributed by atoms with Gasteiger partial charge < -0.3 is 4.98 Å². The molecular formula is C10H10N2O5S. The first kappa shape index (κ1) is 12.5. The lowest BCUT2D eigenvalue weighted by Crippen LogP contribution is -2.24. The van der Waals surface area contributed by atoms with Gasteiger partial charge in [-0.25, -0.2) is 4.79 Å². The standard InChI is InChI=1S/C10H10N2O5S/c1-2-5-3-4-6-7(8(5)18(15,16)17)9(13)12-10(14)11-6/h3-4H,2H2,1H3,(H,15,16,17)(H2,11,12,13,14). The van der Waals surface area contributed by atoms with Crippen LogP contribution in [0.3, 0.4) is 0 Å². The van der Waals surface area contributed by atoms with Crippen LogP contribution in [0.2, 0.25) is 0 Å². The molecule has 1 aromatic carbocycles. The third kappa shape index (κ3) is 1.95. The van der Waals surface area contributed by atoms with E-state index < -0.39 is 26.3 Å². The van der Waals surface area contributed by atoms with E-state index in [9.17, 15) is 22.6 Å². The van der Waals surface area contributed by atoms with Crippen LogP contribution in [0, 0.1) is 0 Å². The minimum Gasteiger partial charge on any atom is -0.307 e. The highest BCUT2D eigenvalue weighted by Crippen LogP contribution is 2.22. The van der Waals surface area contributed by atoms with Crippen LogP contribution >= 0.6 is 0 Å². The highest BCUT2D eigenvalue weighted by molar-refractivity contribution is 7.86. The molecule has 0 saturated heterocycles. The van der Waals surface area contributed by atoms with Crippen LogP contribution in [-0.2, 0) is 16.5 Å². The predicted octanol–water partition coefficient (Wildman–Crippen LogP) is 0.0255. The highest BCUT2D eigenvalue weighted by atomic mass is 32.2. The zero-order chi connectivity index (χ0) is 13.5. The second-order valence-electron chi connectivity index (χ2n) is 3.71. The largest absolute Gasteiger partial charge is 0.326 e. The fourth-order valence-electron chi connectivity index (χ4n) is 1.85. The number of aromatic amines is 2. The summed E-state index contributed by atoms with van der Waals surface area (Å²) in [5.41, 5.74) is -1.22. The van der Waals surface area contributed by atoms with E-state index in [1.807, 2.05) is 4.98 Å². The molecule has 8 heteroatoms. The van der Waals surface area contributed by atoms with Gasteiger partial charge in [0.2, 0.25) is 0 Å². The van der Waals surface area contributed by atoms with Crippen molar-refractivity contribution < 1.29 is 13.0 Å². The molecule has 2 aromatic rings. The summed E-state index contributed by atoms with van der Waals surface area (Å²) in [6.45, 7) is 1.69. The van der Waals surface area contributed by atoms with E-state index in [0.29, 0.717) is 12.0 Å². The molecule has 0 spiro atoms. The minimum absolute atomic E-state index is 0.0635. The van der Waals surface area contributed by atoms with Gasteiger partial charge in [-0.1, -0.05) is 13.0 Å². The summed E-state index contributed by atoms with van der Waals surface area (Å²) in [6, 6.07) is 2.88. The van der Waals surface area contributed by atoms with Crippen LogP contribution in [0.4, 0.5) is 0 Å². The molecule has 1 heterocycles. The first-order valence-electron chi connectivity index (χ1n) is 5.10. The molecule has 1 aromatic heterocycles. The van der Waals surface area contributed by atoms with Gasteiger partial charge in [-0.2, -0.15) is 8.42 Å². The van der Waals surface area contributed by atoms with E-state index in [4.69, 9.17) is 0 Å². The van der Waals surface area contributed by atoms with E-state index in [0.717, 1.165) is 0 Å². The molecule has 0 saturated carbocycles. The van der Waals surface area contributed by atoms with Crippen molar-refractivity contribution in [3.63, 3.8) is 0 Å². The number of nitrogens with one attached hydrogen (secondary N) is 2. The number of aryl methyl sites for hydroxylation is 1. The minimum atomic E-state index is -4.55. The molecule has 18 heavy (non-hydrogen) atoms. The number of hydrogen-bond donors (Lipinski definition) is 3. The van der Waals surface area contributed by atoms with Crippen molar-refractivity contribution in [2.45, 2.75) is 18.2 Å². The lowest BCUT2D eigenvalue weighted by molar-refractivity contribution is 0.483. The molecule has 96 valence electrons. The maximum Gasteiger partial charge on any atom is 0.326 e. The zero-order valence-corrected chi connectivity index (χ0v) is 10.2. The Morgan fingerprint density at radius 2 is 1.89 bits per heavy atom. The van der Waals surface area contributed by atoms with Crippen molar-refractivity contribution >= 4 is 21.0 Å². The number of fused-ring (bicyclic) bond motifs is 1. The molecular weight excluding hydrogens is 260 g/mol. The van der Waals surface area contributed by atoms with Crippen molar-refractivity contribution in [1.82, 2.24) is 9.97 Å². The summed E-state index contributed by atoms with van der Waals surface area (Å²) < 4.78 is 32.0.